The Labute approximate surface area is 69.2 Å². The van der Waals surface area contributed by atoms with Crippen LogP contribution in [-0.2, 0) is 0 Å². The topological polar surface area (TPSA) is 55.0 Å². The van der Waals surface area contributed by atoms with Crippen molar-refractivity contribution in [3.8, 4) is 0 Å². The third kappa shape index (κ3) is 1.10. The minimum Gasteiger partial charge on any atom is -0.357 e. The van der Waals surface area contributed by atoms with Crippen molar-refractivity contribution in [2.75, 3.05) is 18.0 Å². The van der Waals surface area contributed by atoms with E-state index in [0.29, 0.717) is 6.04 Å². The molecule has 1 saturated heterocycles. The zero-order valence-corrected chi connectivity index (χ0v) is 7.14. The Kier molecular flexibility index (Phi) is 1.54. The van der Waals surface area contributed by atoms with E-state index in [2.05, 4.69) is 14.5 Å². The number of nitrogens with two attached hydrogens (primary N) is 1. The number of aromatic nitrogens is 2. The Morgan fingerprint density at radius 3 is 2.82 bits per heavy atom. The molecule has 0 unspecified atom stereocenters. The van der Waals surface area contributed by atoms with Gasteiger partial charge in [0.05, 0.1) is 5.69 Å². The lowest BCUT2D eigenvalue weighted by Gasteiger charge is -2.37. The average molecular weight is 170 g/mol. The van der Waals surface area contributed by atoms with Gasteiger partial charge in [-0.25, -0.2) is 0 Å². The van der Waals surface area contributed by atoms with Crippen LogP contribution in [0.4, 0.5) is 5.00 Å². The second-order valence-corrected chi connectivity index (χ2v) is 3.56. The van der Waals surface area contributed by atoms with Gasteiger partial charge in [-0.05, 0) is 6.92 Å². The molecule has 0 aliphatic carbocycles. The lowest BCUT2D eigenvalue weighted by Crippen LogP contribution is -2.55. The molecule has 0 atom stereocenters. The van der Waals surface area contributed by atoms with E-state index in [1.807, 2.05) is 6.92 Å². The van der Waals surface area contributed by atoms with Crippen molar-refractivity contribution in [3.63, 3.8) is 0 Å². The summed E-state index contributed by atoms with van der Waals surface area (Å²) in [7, 11) is 0. The molecule has 1 fully saturated rings. The molecule has 0 amide bonds. The molecule has 1 aliphatic heterocycles. The first-order chi connectivity index (χ1) is 5.27. The van der Waals surface area contributed by atoms with Crippen molar-refractivity contribution >= 4 is 16.5 Å². The van der Waals surface area contributed by atoms with Gasteiger partial charge in [0, 0.05) is 30.7 Å². The van der Waals surface area contributed by atoms with Crippen LogP contribution in [0.15, 0.2) is 0 Å². The molecule has 1 aromatic rings. The van der Waals surface area contributed by atoms with Crippen LogP contribution < -0.4 is 10.6 Å². The van der Waals surface area contributed by atoms with Gasteiger partial charge in [0.25, 0.3) is 0 Å². The summed E-state index contributed by atoms with van der Waals surface area (Å²) in [5.41, 5.74) is 6.66. The minimum atomic E-state index is 0.344. The van der Waals surface area contributed by atoms with Gasteiger partial charge in [-0.2, -0.15) is 0 Å². The molecule has 0 spiro atoms. The van der Waals surface area contributed by atoms with Crippen LogP contribution in [0.2, 0.25) is 0 Å². The Balaban J connectivity index is 2.12. The van der Waals surface area contributed by atoms with Gasteiger partial charge in [-0.3, -0.25) is 0 Å². The normalized spacial score (nSPS) is 18.5. The van der Waals surface area contributed by atoms with Crippen LogP contribution >= 0.6 is 11.5 Å². The highest BCUT2D eigenvalue weighted by atomic mass is 32.1. The molecule has 1 aliphatic rings. The number of hydrogen-bond acceptors (Lipinski definition) is 5. The van der Waals surface area contributed by atoms with Crippen molar-refractivity contribution in [2.24, 2.45) is 5.73 Å². The van der Waals surface area contributed by atoms with E-state index in [-0.39, 0.29) is 0 Å². The fourth-order valence-electron chi connectivity index (χ4n) is 1.19. The summed E-state index contributed by atoms with van der Waals surface area (Å²) >= 11 is 1.44. The number of hydrogen-bond donors (Lipinski definition) is 1. The van der Waals surface area contributed by atoms with Crippen molar-refractivity contribution < 1.29 is 0 Å². The molecule has 0 radical (unpaired) electrons. The van der Waals surface area contributed by atoms with Gasteiger partial charge in [0.2, 0.25) is 0 Å². The molecule has 2 heterocycles. The maximum atomic E-state index is 5.65. The van der Waals surface area contributed by atoms with Gasteiger partial charge in [0.1, 0.15) is 5.00 Å². The summed E-state index contributed by atoms with van der Waals surface area (Å²) in [6.07, 6.45) is 0. The average Bonchev–Trinajstić information content (AvgIpc) is 2.29. The zero-order chi connectivity index (χ0) is 7.84. The van der Waals surface area contributed by atoms with Crippen molar-refractivity contribution in [2.45, 2.75) is 13.0 Å². The molecule has 0 aromatic carbocycles. The molecule has 5 heteroatoms. The number of rotatable bonds is 1. The van der Waals surface area contributed by atoms with Crippen LogP contribution in [0.1, 0.15) is 5.69 Å². The third-order valence-electron chi connectivity index (χ3n) is 1.82. The second-order valence-electron chi connectivity index (χ2n) is 2.83. The molecule has 0 bridgehead atoms. The smallest absolute Gasteiger partial charge is 0.135 e. The van der Waals surface area contributed by atoms with E-state index in [1.165, 1.54) is 16.5 Å². The van der Waals surface area contributed by atoms with E-state index < -0.39 is 0 Å². The minimum absolute atomic E-state index is 0.344. The van der Waals surface area contributed by atoms with Gasteiger partial charge in [0.15, 0.2) is 0 Å². The predicted octanol–water partition coefficient (Wildman–Crippen LogP) is -0.00618. The second kappa shape index (κ2) is 2.42. The first-order valence-corrected chi connectivity index (χ1v) is 4.34. The molecule has 2 rings (SSSR count). The molecule has 0 saturated carbocycles. The Morgan fingerprint density at radius 2 is 2.36 bits per heavy atom. The van der Waals surface area contributed by atoms with Gasteiger partial charge < -0.3 is 10.6 Å². The van der Waals surface area contributed by atoms with Crippen molar-refractivity contribution in [1.82, 2.24) is 9.59 Å². The fourth-order valence-corrected chi connectivity index (χ4v) is 1.87. The van der Waals surface area contributed by atoms with E-state index in [4.69, 9.17) is 5.73 Å². The summed E-state index contributed by atoms with van der Waals surface area (Å²) in [5, 5.41) is 5.10. The van der Waals surface area contributed by atoms with Gasteiger partial charge in [-0.15, -0.1) is 5.10 Å². The first-order valence-electron chi connectivity index (χ1n) is 3.57. The van der Waals surface area contributed by atoms with Crippen molar-refractivity contribution in [3.05, 3.63) is 5.69 Å². The maximum Gasteiger partial charge on any atom is 0.135 e. The van der Waals surface area contributed by atoms with E-state index in [1.54, 1.807) is 0 Å². The molecular formula is C6H10N4S. The monoisotopic (exact) mass is 170 g/mol. The van der Waals surface area contributed by atoms with Crippen molar-refractivity contribution in [1.29, 1.82) is 0 Å². The predicted molar refractivity (Wildman–Crippen MR) is 44.8 cm³/mol. The molecule has 60 valence electrons. The maximum absolute atomic E-state index is 5.65. The van der Waals surface area contributed by atoms with E-state index >= 15 is 0 Å². The molecule has 11 heavy (non-hydrogen) atoms. The van der Waals surface area contributed by atoms with Crippen LogP contribution in [0.5, 0.6) is 0 Å². The van der Waals surface area contributed by atoms with Gasteiger partial charge >= 0.3 is 0 Å². The van der Waals surface area contributed by atoms with Crippen LogP contribution in [0.3, 0.4) is 0 Å². The zero-order valence-electron chi connectivity index (χ0n) is 6.32. The Bertz CT molecular complexity index is 253. The number of nitrogens with zero attached hydrogens (tertiary/aromatic N) is 3. The van der Waals surface area contributed by atoms with E-state index in [9.17, 15) is 0 Å². The lowest BCUT2D eigenvalue weighted by atomic mass is 10.1. The highest BCUT2D eigenvalue weighted by Crippen LogP contribution is 2.25. The molecule has 2 N–H and O–H groups in total. The number of anilines is 1. The summed E-state index contributed by atoms with van der Waals surface area (Å²) in [5.74, 6) is 0. The first kappa shape index (κ1) is 7.00. The van der Waals surface area contributed by atoms with Crippen LogP contribution in [0.25, 0.3) is 0 Å². The lowest BCUT2D eigenvalue weighted by molar-refractivity contribution is 0.521. The molecule has 1 aromatic heterocycles. The van der Waals surface area contributed by atoms with Gasteiger partial charge in [-0.1, -0.05) is 4.49 Å². The summed E-state index contributed by atoms with van der Waals surface area (Å²) in [6.45, 7) is 3.87. The number of aryl methyl sites for hydroxylation is 1. The highest BCUT2D eigenvalue weighted by molar-refractivity contribution is 7.10. The standard InChI is InChI=1S/C6H10N4S/c1-4-6(11-9-8-4)10-2-5(7)3-10/h5H,2-3,7H2,1H3. The summed E-state index contributed by atoms with van der Waals surface area (Å²) < 4.78 is 3.86. The molecular weight excluding hydrogens is 160 g/mol. The third-order valence-corrected chi connectivity index (χ3v) is 2.71. The molecule has 4 nitrogen and oxygen atoms in total. The Hall–Kier alpha value is -0.680. The quantitative estimate of drug-likeness (QED) is 0.644. The Morgan fingerprint density at radius 1 is 1.64 bits per heavy atom. The highest BCUT2D eigenvalue weighted by Gasteiger charge is 2.25. The largest absolute Gasteiger partial charge is 0.357 e. The SMILES string of the molecule is Cc1nnsc1N1CC(N)C1. The summed E-state index contributed by atoms with van der Waals surface area (Å²) in [4.78, 5) is 2.21. The van der Waals surface area contributed by atoms with Crippen LogP contribution in [0, 0.1) is 6.92 Å². The fraction of sp³-hybridized carbons (Fsp3) is 0.667. The van der Waals surface area contributed by atoms with E-state index in [0.717, 1.165) is 18.8 Å². The summed E-state index contributed by atoms with van der Waals surface area (Å²) in [6, 6.07) is 0.344. The van der Waals surface area contributed by atoms with Crippen LogP contribution in [-0.4, -0.2) is 28.7 Å².